The maximum atomic E-state index is 13.8. The number of carbonyl (C=O) groups is 2. The highest BCUT2D eigenvalue weighted by Crippen LogP contribution is 2.38. The van der Waals surface area contributed by atoms with Crippen molar-refractivity contribution in [2.75, 3.05) is 10.6 Å². The Morgan fingerprint density at radius 3 is 2.45 bits per heavy atom. The van der Waals surface area contributed by atoms with Crippen molar-refractivity contribution in [3.8, 4) is 0 Å². The zero-order chi connectivity index (χ0) is 16.5. The number of rotatable bonds is 3. The van der Waals surface area contributed by atoms with Crippen LogP contribution in [0, 0.1) is 17.7 Å². The number of anilines is 2. The second-order valence-corrected chi connectivity index (χ2v) is 6.63. The van der Waals surface area contributed by atoms with E-state index in [0.717, 1.165) is 6.42 Å². The number of amides is 2. The Bertz CT molecular complexity index is 596. The molecule has 0 aliphatic heterocycles. The minimum atomic E-state index is -0.745. The number of ether oxygens (including phenoxy) is 1. The summed E-state index contributed by atoms with van der Waals surface area (Å²) in [5.74, 6) is -0.266. The van der Waals surface area contributed by atoms with Gasteiger partial charge < -0.3 is 10.1 Å². The van der Waals surface area contributed by atoms with Crippen LogP contribution in [0.15, 0.2) is 18.2 Å². The molecule has 2 atom stereocenters. The Labute approximate surface area is 129 Å². The Morgan fingerprint density at radius 2 is 1.91 bits per heavy atom. The van der Waals surface area contributed by atoms with Gasteiger partial charge in [-0.05, 0) is 51.3 Å². The average molecular weight is 308 g/mol. The summed E-state index contributed by atoms with van der Waals surface area (Å²) >= 11 is 0. The lowest BCUT2D eigenvalue weighted by Gasteiger charge is -2.20. The smallest absolute Gasteiger partial charge is 0.412 e. The third-order valence-electron chi connectivity index (χ3n) is 3.32. The SMILES string of the molecule is CC1CC1C(=O)Nc1ccc(F)c(NC(=O)OC(C)(C)C)c1. The average Bonchev–Trinajstić information content (AvgIpc) is 3.08. The predicted octanol–water partition coefficient (Wildman–Crippen LogP) is 3.77. The van der Waals surface area contributed by atoms with E-state index in [0.29, 0.717) is 11.6 Å². The number of hydrogen-bond donors (Lipinski definition) is 2. The molecule has 22 heavy (non-hydrogen) atoms. The van der Waals surface area contributed by atoms with Gasteiger partial charge in [-0.15, -0.1) is 0 Å². The van der Waals surface area contributed by atoms with Crippen LogP contribution in [0.25, 0.3) is 0 Å². The molecule has 6 heteroatoms. The van der Waals surface area contributed by atoms with Crippen LogP contribution in [0.1, 0.15) is 34.1 Å². The van der Waals surface area contributed by atoms with Crippen LogP contribution in [-0.2, 0) is 9.53 Å². The fourth-order valence-electron chi connectivity index (χ4n) is 2.03. The lowest BCUT2D eigenvalue weighted by atomic mass is 10.2. The molecule has 0 aromatic heterocycles. The van der Waals surface area contributed by atoms with Crippen molar-refractivity contribution in [2.45, 2.75) is 39.7 Å². The Kier molecular flexibility index (Phi) is 4.39. The summed E-state index contributed by atoms with van der Waals surface area (Å²) in [6, 6.07) is 4.03. The summed E-state index contributed by atoms with van der Waals surface area (Å²) in [6.07, 6.45) is 0.126. The van der Waals surface area contributed by atoms with Gasteiger partial charge in [0.15, 0.2) is 0 Å². The van der Waals surface area contributed by atoms with Crippen molar-refractivity contribution in [3.63, 3.8) is 0 Å². The van der Waals surface area contributed by atoms with E-state index < -0.39 is 17.5 Å². The normalized spacial score (nSPS) is 20.2. The molecule has 1 aromatic rings. The van der Waals surface area contributed by atoms with Crippen molar-refractivity contribution in [1.82, 2.24) is 0 Å². The second-order valence-electron chi connectivity index (χ2n) is 6.63. The van der Waals surface area contributed by atoms with Gasteiger partial charge >= 0.3 is 6.09 Å². The molecule has 5 nitrogen and oxygen atoms in total. The first kappa shape index (κ1) is 16.3. The van der Waals surface area contributed by atoms with Crippen LogP contribution in [0.2, 0.25) is 0 Å². The maximum absolute atomic E-state index is 13.8. The van der Waals surface area contributed by atoms with Gasteiger partial charge in [0.05, 0.1) is 5.69 Å². The van der Waals surface area contributed by atoms with Gasteiger partial charge in [-0.2, -0.15) is 0 Å². The standard InChI is InChI=1S/C16H21FN2O3/c1-9-7-11(9)14(20)18-10-5-6-12(17)13(8-10)19-15(21)22-16(2,3)4/h5-6,8-9,11H,7H2,1-4H3,(H,18,20)(H,19,21). The third kappa shape index (κ3) is 4.44. The highest BCUT2D eigenvalue weighted by Gasteiger charge is 2.39. The molecule has 0 spiro atoms. The molecule has 1 saturated carbocycles. The van der Waals surface area contributed by atoms with Crippen LogP contribution in [-0.4, -0.2) is 17.6 Å². The number of carbonyl (C=O) groups excluding carboxylic acids is 2. The molecule has 0 bridgehead atoms. The molecule has 0 heterocycles. The van der Waals surface area contributed by atoms with Crippen molar-refractivity contribution in [2.24, 2.45) is 11.8 Å². The molecular formula is C16H21FN2O3. The van der Waals surface area contributed by atoms with Gasteiger partial charge in [0.2, 0.25) is 5.91 Å². The minimum Gasteiger partial charge on any atom is -0.444 e. The molecule has 1 aromatic carbocycles. The number of hydrogen-bond acceptors (Lipinski definition) is 3. The lowest BCUT2D eigenvalue weighted by molar-refractivity contribution is -0.117. The van der Waals surface area contributed by atoms with Gasteiger partial charge in [0, 0.05) is 11.6 Å². The van der Waals surface area contributed by atoms with E-state index in [-0.39, 0.29) is 17.5 Å². The highest BCUT2D eigenvalue weighted by molar-refractivity contribution is 5.95. The van der Waals surface area contributed by atoms with E-state index in [1.54, 1.807) is 20.8 Å². The molecule has 1 aliphatic carbocycles. The fraction of sp³-hybridized carbons (Fsp3) is 0.500. The number of nitrogens with one attached hydrogen (secondary N) is 2. The molecule has 1 fully saturated rings. The Balaban J connectivity index is 2.03. The van der Waals surface area contributed by atoms with Gasteiger partial charge in [-0.3, -0.25) is 10.1 Å². The summed E-state index contributed by atoms with van der Waals surface area (Å²) in [7, 11) is 0. The number of halogens is 1. The Hall–Kier alpha value is -2.11. The molecule has 2 N–H and O–H groups in total. The first-order chi connectivity index (χ1) is 10.2. The summed E-state index contributed by atoms with van der Waals surface area (Å²) in [5.41, 5.74) is -0.262. The molecule has 0 radical (unpaired) electrons. The first-order valence-corrected chi connectivity index (χ1v) is 7.26. The van der Waals surface area contributed by atoms with E-state index in [1.165, 1.54) is 18.2 Å². The summed E-state index contributed by atoms with van der Waals surface area (Å²) < 4.78 is 18.8. The van der Waals surface area contributed by atoms with Crippen molar-refractivity contribution in [1.29, 1.82) is 0 Å². The van der Waals surface area contributed by atoms with Crippen LogP contribution >= 0.6 is 0 Å². The zero-order valence-electron chi connectivity index (χ0n) is 13.2. The Morgan fingerprint density at radius 1 is 1.27 bits per heavy atom. The van der Waals surface area contributed by atoms with Gasteiger partial charge in [0.1, 0.15) is 11.4 Å². The van der Waals surface area contributed by atoms with E-state index in [4.69, 9.17) is 4.74 Å². The molecule has 2 amide bonds. The highest BCUT2D eigenvalue weighted by atomic mass is 19.1. The molecule has 0 saturated heterocycles. The zero-order valence-corrected chi connectivity index (χ0v) is 13.2. The summed E-state index contributed by atoms with van der Waals surface area (Å²) in [4.78, 5) is 23.6. The quantitative estimate of drug-likeness (QED) is 0.893. The summed E-state index contributed by atoms with van der Waals surface area (Å²) in [5, 5.41) is 5.07. The molecular weight excluding hydrogens is 287 g/mol. The van der Waals surface area contributed by atoms with E-state index in [9.17, 15) is 14.0 Å². The first-order valence-electron chi connectivity index (χ1n) is 7.26. The van der Waals surface area contributed by atoms with Crippen molar-refractivity contribution >= 4 is 23.4 Å². The predicted molar refractivity (Wildman–Crippen MR) is 82.2 cm³/mol. The van der Waals surface area contributed by atoms with E-state index >= 15 is 0 Å². The monoisotopic (exact) mass is 308 g/mol. The van der Waals surface area contributed by atoms with Crippen molar-refractivity contribution < 1.29 is 18.7 Å². The van der Waals surface area contributed by atoms with Crippen molar-refractivity contribution in [3.05, 3.63) is 24.0 Å². The molecule has 1 aliphatic rings. The van der Waals surface area contributed by atoms with Crippen LogP contribution in [0.5, 0.6) is 0 Å². The van der Waals surface area contributed by atoms with Gasteiger partial charge in [0.25, 0.3) is 0 Å². The van der Waals surface area contributed by atoms with E-state index in [1.807, 2.05) is 6.92 Å². The third-order valence-corrected chi connectivity index (χ3v) is 3.32. The van der Waals surface area contributed by atoms with Crippen LogP contribution in [0.4, 0.5) is 20.6 Å². The lowest BCUT2D eigenvalue weighted by Crippen LogP contribution is -2.27. The van der Waals surface area contributed by atoms with Gasteiger partial charge in [-0.25, -0.2) is 9.18 Å². The topological polar surface area (TPSA) is 67.4 Å². The minimum absolute atomic E-state index is 0.0207. The largest absolute Gasteiger partial charge is 0.444 e. The fourth-order valence-corrected chi connectivity index (χ4v) is 2.03. The second kappa shape index (κ2) is 5.94. The van der Waals surface area contributed by atoms with Crippen LogP contribution < -0.4 is 10.6 Å². The summed E-state index contributed by atoms with van der Waals surface area (Å²) in [6.45, 7) is 7.16. The molecule has 2 rings (SSSR count). The molecule has 2 unspecified atom stereocenters. The molecule has 120 valence electrons. The maximum Gasteiger partial charge on any atom is 0.412 e. The van der Waals surface area contributed by atoms with Crippen LogP contribution in [0.3, 0.4) is 0 Å². The van der Waals surface area contributed by atoms with Gasteiger partial charge in [-0.1, -0.05) is 6.92 Å². The van der Waals surface area contributed by atoms with E-state index in [2.05, 4.69) is 10.6 Å². The number of benzene rings is 1.